The van der Waals surface area contributed by atoms with Gasteiger partial charge in [-0.2, -0.15) is 0 Å². The van der Waals surface area contributed by atoms with Gasteiger partial charge in [0.15, 0.2) is 6.04 Å². The molecule has 22 heavy (non-hydrogen) atoms. The molecule has 122 valence electrons. The fraction of sp³-hybridized carbons (Fsp3) is 0.588. The van der Waals surface area contributed by atoms with Gasteiger partial charge in [-0.15, -0.1) is 0 Å². The Morgan fingerprint density at radius 3 is 2.73 bits per heavy atom. The third kappa shape index (κ3) is 4.37. The summed E-state index contributed by atoms with van der Waals surface area (Å²) in [5.74, 6) is 1.36. The normalized spacial score (nSPS) is 26.5. The van der Waals surface area contributed by atoms with Gasteiger partial charge in [-0.05, 0) is 50.3 Å². The van der Waals surface area contributed by atoms with Crippen molar-refractivity contribution in [2.45, 2.75) is 52.1 Å². The molecule has 5 heteroatoms. The zero-order chi connectivity index (χ0) is 16.3. The Kier molecular flexibility index (Phi) is 6.13. The van der Waals surface area contributed by atoms with Gasteiger partial charge in [-0.25, -0.2) is 0 Å². The summed E-state index contributed by atoms with van der Waals surface area (Å²) in [6.07, 6.45) is 3.74. The monoisotopic (exact) mass is 343 g/mol. The molecule has 0 unspecified atom stereocenters. The van der Waals surface area contributed by atoms with E-state index in [2.05, 4.69) is 24.5 Å². The number of nitrogens with one attached hydrogen (secondary N) is 1. The van der Waals surface area contributed by atoms with Crippen LogP contribution in [-0.4, -0.2) is 18.0 Å². The standard InChI is InChI=1S/C17H24Cl2N2O/c1-10-5-4-6-15(11(10)2)20-12(3)17(22)21-16-8-7-13(18)9-14(16)19/h7-12,15,20H,4-6H2,1-3H3,(H,21,22)/p+1/t10-,11-,12+,15+/m1/s1. The molecule has 1 amide bonds. The number of carbonyl (C=O) groups is 1. The van der Waals surface area contributed by atoms with Crippen LogP contribution in [0, 0.1) is 11.8 Å². The van der Waals surface area contributed by atoms with E-state index in [1.165, 1.54) is 19.3 Å². The van der Waals surface area contributed by atoms with E-state index in [-0.39, 0.29) is 11.9 Å². The molecular weight excluding hydrogens is 319 g/mol. The fourth-order valence-electron chi connectivity index (χ4n) is 3.19. The minimum absolute atomic E-state index is 0.0188. The number of carbonyl (C=O) groups excluding carboxylic acids is 1. The lowest BCUT2D eigenvalue weighted by Gasteiger charge is -2.33. The zero-order valence-corrected chi connectivity index (χ0v) is 14.9. The van der Waals surface area contributed by atoms with Crippen LogP contribution in [0.5, 0.6) is 0 Å². The maximum absolute atomic E-state index is 12.4. The molecule has 1 aromatic rings. The van der Waals surface area contributed by atoms with Gasteiger partial charge in [-0.1, -0.05) is 37.0 Å². The molecule has 1 aliphatic carbocycles. The SMILES string of the molecule is C[C@@H]1[C@H](C)CCC[C@@H]1[NH2+][C@@H](C)C(=O)Nc1ccc(Cl)cc1Cl. The topological polar surface area (TPSA) is 45.7 Å². The van der Waals surface area contributed by atoms with Crippen LogP contribution in [0.15, 0.2) is 18.2 Å². The Balaban J connectivity index is 1.94. The first-order valence-electron chi connectivity index (χ1n) is 7.99. The number of nitrogens with two attached hydrogens (primary N) is 1. The van der Waals surface area contributed by atoms with Crippen molar-refractivity contribution in [2.24, 2.45) is 11.8 Å². The molecule has 1 saturated carbocycles. The minimum Gasteiger partial charge on any atom is -0.334 e. The Morgan fingerprint density at radius 2 is 2.05 bits per heavy atom. The summed E-state index contributed by atoms with van der Waals surface area (Å²) >= 11 is 12.0. The molecule has 1 aliphatic rings. The summed E-state index contributed by atoms with van der Waals surface area (Å²) in [5, 5.41) is 6.13. The van der Waals surface area contributed by atoms with Crippen molar-refractivity contribution < 1.29 is 10.1 Å². The molecule has 2 rings (SSSR count). The van der Waals surface area contributed by atoms with Crippen LogP contribution in [0.25, 0.3) is 0 Å². The quantitative estimate of drug-likeness (QED) is 0.859. The number of hydrogen-bond acceptors (Lipinski definition) is 1. The van der Waals surface area contributed by atoms with Crippen LogP contribution in [0.3, 0.4) is 0 Å². The highest BCUT2D eigenvalue weighted by molar-refractivity contribution is 6.36. The summed E-state index contributed by atoms with van der Waals surface area (Å²) < 4.78 is 0. The summed E-state index contributed by atoms with van der Waals surface area (Å²) in [6, 6.07) is 5.48. The highest BCUT2D eigenvalue weighted by atomic mass is 35.5. The van der Waals surface area contributed by atoms with E-state index in [1.807, 2.05) is 6.92 Å². The van der Waals surface area contributed by atoms with Gasteiger partial charge >= 0.3 is 0 Å². The molecule has 1 fully saturated rings. The lowest BCUT2D eigenvalue weighted by molar-refractivity contribution is -0.715. The summed E-state index contributed by atoms with van der Waals surface area (Å²) in [5.41, 5.74) is 0.612. The molecular formula is C17H25Cl2N2O+. The smallest absolute Gasteiger partial charge is 0.282 e. The van der Waals surface area contributed by atoms with Gasteiger partial charge in [0.1, 0.15) is 0 Å². The lowest BCUT2D eigenvalue weighted by atomic mass is 9.78. The molecule has 1 aromatic carbocycles. The summed E-state index contributed by atoms with van der Waals surface area (Å²) in [4.78, 5) is 12.4. The Morgan fingerprint density at radius 1 is 1.32 bits per heavy atom. The van der Waals surface area contributed by atoms with Crippen LogP contribution in [0.2, 0.25) is 10.0 Å². The highest BCUT2D eigenvalue weighted by Crippen LogP contribution is 2.28. The van der Waals surface area contributed by atoms with Crippen LogP contribution >= 0.6 is 23.2 Å². The fourth-order valence-corrected chi connectivity index (χ4v) is 3.65. The van der Waals surface area contributed by atoms with Gasteiger partial charge in [0, 0.05) is 10.9 Å². The lowest BCUT2D eigenvalue weighted by Crippen LogP contribution is -2.97. The number of quaternary nitrogens is 1. The number of amides is 1. The van der Waals surface area contributed by atoms with Crippen LogP contribution in [0.1, 0.15) is 40.0 Å². The zero-order valence-electron chi connectivity index (χ0n) is 13.4. The predicted molar refractivity (Wildman–Crippen MR) is 92.4 cm³/mol. The van der Waals surface area contributed by atoms with E-state index in [4.69, 9.17) is 23.2 Å². The molecule has 0 aliphatic heterocycles. The second kappa shape index (κ2) is 7.67. The van der Waals surface area contributed by atoms with Gasteiger partial charge in [0.05, 0.1) is 16.8 Å². The van der Waals surface area contributed by atoms with E-state index >= 15 is 0 Å². The molecule has 0 bridgehead atoms. The predicted octanol–water partition coefficient (Wildman–Crippen LogP) is 3.71. The third-order valence-electron chi connectivity index (χ3n) is 4.91. The van der Waals surface area contributed by atoms with E-state index in [0.29, 0.717) is 27.7 Å². The molecule has 3 nitrogen and oxygen atoms in total. The van der Waals surface area contributed by atoms with Crippen molar-refractivity contribution in [1.29, 1.82) is 0 Å². The number of anilines is 1. The van der Waals surface area contributed by atoms with Crippen LogP contribution in [-0.2, 0) is 4.79 Å². The van der Waals surface area contributed by atoms with E-state index in [0.717, 1.165) is 5.92 Å². The Bertz CT molecular complexity index is 535. The first-order valence-corrected chi connectivity index (χ1v) is 8.75. The van der Waals surface area contributed by atoms with E-state index < -0.39 is 0 Å². The molecule has 3 N–H and O–H groups in total. The second-order valence-electron chi connectivity index (χ2n) is 6.53. The molecule has 4 atom stereocenters. The molecule has 0 aromatic heterocycles. The maximum Gasteiger partial charge on any atom is 0.282 e. The van der Waals surface area contributed by atoms with Crippen LogP contribution in [0.4, 0.5) is 5.69 Å². The number of benzene rings is 1. The van der Waals surface area contributed by atoms with Crippen LogP contribution < -0.4 is 10.6 Å². The second-order valence-corrected chi connectivity index (χ2v) is 7.37. The van der Waals surface area contributed by atoms with Gasteiger partial charge in [-0.3, -0.25) is 4.79 Å². The van der Waals surface area contributed by atoms with Gasteiger partial charge in [0.25, 0.3) is 5.91 Å². The average molecular weight is 344 g/mol. The van der Waals surface area contributed by atoms with Crippen molar-refractivity contribution in [1.82, 2.24) is 0 Å². The summed E-state index contributed by atoms with van der Waals surface area (Å²) in [6.45, 7) is 6.56. The molecule has 0 radical (unpaired) electrons. The Labute approximate surface area is 142 Å². The highest BCUT2D eigenvalue weighted by Gasteiger charge is 2.32. The first-order chi connectivity index (χ1) is 10.4. The number of hydrogen-bond donors (Lipinski definition) is 2. The number of halogens is 2. The number of rotatable bonds is 4. The van der Waals surface area contributed by atoms with Crippen molar-refractivity contribution in [3.05, 3.63) is 28.2 Å². The molecule has 0 spiro atoms. The van der Waals surface area contributed by atoms with Gasteiger partial charge < -0.3 is 10.6 Å². The van der Waals surface area contributed by atoms with E-state index in [9.17, 15) is 4.79 Å². The van der Waals surface area contributed by atoms with Gasteiger partial charge in [0.2, 0.25) is 0 Å². The molecule has 0 heterocycles. The van der Waals surface area contributed by atoms with Crippen molar-refractivity contribution >= 4 is 34.8 Å². The van der Waals surface area contributed by atoms with E-state index in [1.54, 1.807) is 18.2 Å². The largest absolute Gasteiger partial charge is 0.334 e. The van der Waals surface area contributed by atoms with Crippen molar-refractivity contribution in [3.8, 4) is 0 Å². The first kappa shape index (κ1) is 17.6. The maximum atomic E-state index is 12.4. The minimum atomic E-state index is -0.135. The molecule has 0 saturated heterocycles. The van der Waals surface area contributed by atoms with Crippen molar-refractivity contribution in [2.75, 3.05) is 5.32 Å². The third-order valence-corrected chi connectivity index (χ3v) is 5.46. The summed E-state index contributed by atoms with van der Waals surface area (Å²) in [7, 11) is 0. The van der Waals surface area contributed by atoms with Crippen molar-refractivity contribution in [3.63, 3.8) is 0 Å². The average Bonchev–Trinajstić information content (AvgIpc) is 2.46. The Hall–Kier alpha value is -0.770.